The van der Waals surface area contributed by atoms with E-state index in [2.05, 4.69) is 42.6 Å². The van der Waals surface area contributed by atoms with E-state index in [4.69, 9.17) is 5.73 Å². The van der Waals surface area contributed by atoms with E-state index in [0.717, 1.165) is 24.0 Å². The Morgan fingerprint density at radius 3 is 2.61 bits per heavy atom. The molecule has 3 rings (SSSR count). The molecule has 1 aliphatic rings. The highest BCUT2D eigenvalue weighted by molar-refractivity contribution is 5.98. The summed E-state index contributed by atoms with van der Waals surface area (Å²) in [5, 5.41) is 14.2. The summed E-state index contributed by atoms with van der Waals surface area (Å²) in [5.41, 5.74) is 16.8. The Morgan fingerprint density at radius 1 is 1.26 bits per heavy atom. The molecule has 0 fully saturated rings. The molecule has 0 saturated carbocycles. The third kappa shape index (κ3) is 2.70. The quantitative estimate of drug-likeness (QED) is 0.464. The highest BCUT2D eigenvalue weighted by Gasteiger charge is 2.24. The molecule has 0 spiro atoms. The van der Waals surface area contributed by atoms with Crippen molar-refractivity contribution < 1.29 is 5.11 Å². The molecule has 2 aromatic carbocycles. The van der Waals surface area contributed by atoms with Gasteiger partial charge in [-0.25, -0.2) is 0 Å². The molecule has 2 aromatic rings. The predicted octanol–water partition coefficient (Wildman–Crippen LogP) is 2.79. The number of hydrogen-bond acceptors (Lipinski definition) is 3. The minimum atomic E-state index is -0.330. The number of nitrogens with two attached hydrogens (primary N) is 1. The van der Waals surface area contributed by atoms with Crippen molar-refractivity contribution in [1.29, 1.82) is 0 Å². The number of aryl methyl sites for hydroxylation is 2. The SMILES string of the molecule is CN/N=C(\N)c1cc(C)c(-c2cccc3c2CCC3O)c(C)c1. The number of hydrazone groups is 1. The summed E-state index contributed by atoms with van der Waals surface area (Å²) in [6, 6.07) is 10.4. The number of aliphatic hydroxyl groups is 1. The summed E-state index contributed by atoms with van der Waals surface area (Å²) in [7, 11) is 1.74. The largest absolute Gasteiger partial charge is 0.388 e. The lowest BCUT2D eigenvalue weighted by Crippen LogP contribution is -2.17. The second-order valence-corrected chi connectivity index (χ2v) is 6.13. The van der Waals surface area contributed by atoms with Gasteiger partial charge in [0.05, 0.1) is 6.10 Å². The molecule has 120 valence electrons. The van der Waals surface area contributed by atoms with Gasteiger partial charge in [0.2, 0.25) is 0 Å². The Bertz CT molecular complexity index is 757. The van der Waals surface area contributed by atoms with Crippen molar-refractivity contribution >= 4 is 5.84 Å². The first kappa shape index (κ1) is 15.6. The lowest BCUT2D eigenvalue weighted by Gasteiger charge is -2.16. The Kier molecular flexibility index (Phi) is 4.09. The number of fused-ring (bicyclic) bond motifs is 1. The zero-order valence-corrected chi connectivity index (χ0v) is 13.9. The van der Waals surface area contributed by atoms with E-state index >= 15 is 0 Å². The van der Waals surface area contributed by atoms with E-state index in [0.29, 0.717) is 5.84 Å². The summed E-state index contributed by atoms with van der Waals surface area (Å²) in [6.45, 7) is 4.20. The number of nitrogens with one attached hydrogen (secondary N) is 1. The van der Waals surface area contributed by atoms with E-state index in [1.165, 1.54) is 27.8 Å². The van der Waals surface area contributed by atoms with Crippen molar-refractivity contribution in [3.8, 4) is 11.1 Å². The van der Waals surface area contributed by atoms with Crippen LogP contribution in [0.2, 0.25) is 0 Å². The molecule has 1 aliphatic carbocycles. The molecule has 0 aliphatic heterocycles. The van der Waals surface area contributed by atoms with Crippen LogP contribution in [0, 0.1) is 13.8 Å². The number of rotatable bonds is 3. The van der Waals surface area contributed by atoms with Crippen molar-refractivity contribution in [3.05, 3.63) is 58.1 Å². The molecule has 0 amide bonds. The molecule has 1 unspecified atom stereocenters. The summed E-state index contributed by atoms with van der Waals surface area (Å²) < 4.78 is 0. The van der Waals surface area contributed by atoms with Gasteiger partial charge in [-0.05, 0) is 72.2 Å². The number of benzene rings is 2. The van der Waals surface area contributed by atoms with Gasteiger partial charge in [0.15, 0.2) is 5.84 Å². The Labute approximate surface area is 137 Å². The molecular formula is C19H23N3O. The minimum absolute atomic E-state index is 0.330. The molecular weight excluding hydrogens is 286 g/mol. The Hall–Kier alpha value is -2.33. The van der Waals surface area contributed by atoms with Crippen LogP contribution in [0.4, 0.5) is 0 Å². The van der Waals surface area contributed by atoms with Crippen LogP contribution in [0.3, 0.4) is 0 Å². The molecule has 4 heteroatoms. The fraction of sp³-hybridized carbons (Fsp3) is 0.316. The van der Waals surface area contributed by atoms with Crippen molar-refractivity contribution in [2.45, 2.75) is 32.8 Å². The maximum absolute atomic E-state index is 10.1. The zero-order chi connectivity index (χ0) is 16.6. The van der Waals surface area contributed by atoms with Crippen LogP contribution in [0.15, 0.2) is 35.4 Å². The molecule has 0 bridgehead atoms. The average molecular weight is 309 g/mol. The van der Waals surface area contributed by atoms with Gasteiger partial charge in [0.1, 0.15) is 0 Å². The van der Waals surface area contributed by atoms with E-state index in [1.807, 2.05) is 12.1 Å². The molecule has 4 nitrogen and oxygen atoms in total. The monoisotopic (exact) mass is 309 g/mol. The third-order valence-corrected chi connectivity index (χ3v) is 4.57. The minimum Gasteiger partial charge on any atom is -0.388 e. The van der Waals surface area contributed by atoms with E-state index in [1.54, 1.807) is 7.05 Å². The number of amidine groups is 1. The molecule has 0 radical (unpaired) electrons. The van der Waals surface area contributed by atoms with Crippen molar-refractivity contribution in [3.63, 3.8) is 0 Å². The fourth-order valence-electron chi connectivity index (χ4n) is 3.59. The summed E-state index contributed by atoms with van der Waals surface area (Å²) in [4.78, 5) is 0. The summed E-state index contributed by atoms with van der Waals surface area (Å²) in [6.07, 6.45) is 1.41. The van der Waals surface area contributed by atoms with Crippen LogP contribution in [0.1, 0.15) is 40.3 Å². The first-order valence-electron chi connectivity index (χ1n) is 7.94. The molecule has 0 aromatic heterocycles. The van der Waals surface area contributed by atoms with Gasteiger partial charge in [-0.1, -0.05) is 18.2 Å². The van der Waals surface area contributed by atoms with Crippen molar-refractivity contribution in [2.24, 2.45) is 10.8 Å². The van der Waals surface area contributed by atoms with Gasteiger partial charge < -0.3 is 16.3 Å². The van der Waals surface area contributed by atoms with Crippen LogP contribution in [-0.2, 0) is 6.42 Å². The maximum Gasteiger partial charge on any atom is 0.150 e. The molecule has 4 N–H and O–H groups in total. The van der Waals surface area contributed by atoms with Crippen LogP contribution in [0.5, 0.6) is 0 Å². The smallest absolute Gasteiger partial charge is 0.150 e. The standard InChI is InChI=1S/C19H23N3O/c1-11-9-13(19(20)22-21-3)10-12(2)18(11)16-6-4-5-15-14(16)7-8-17(15)23/h4-6,9-10,17,21,23H,7-8H2,1-3H3,(H2,20,22). The first-order valence-corrected chi connectivity index (χ1v) is 7.94. The average Bonchev–Trinajstić information content (AvgIpc) is 2.89. The Morgan fingerprint density at radius 2 is 1.96 bits per heavy atom. The normalized spacial score (nSPS) is 17.2. The highest BCUT2D eigenvalue weighted by atomic mass is 16.3. The first-order chi connectivity index (χ1) is 11.0. The van der Waals surface area contributed by atoms with Gasteiger partial charge in [-0.2, -0.15) is 5.10 Å². The van der Waals surface area contributed by atoms with Crippen LogP contribution >= 0.6 is 0 Å². The van der Waals surface area contributed by atoms with Gasteiger partial charge in [0, 0.05) is 12.6 Å². The second-order valence-electron chi connectivity index (χ2n) is 6.13. The number of hydrogen-bond donors (Lipinski definition) is 3. The molecule has 0 heterocycles. The van der Waals surface area contributed by atoms with Gasteiger partial charge >= 0.3 is 0 Å². The predicted molar refractivity (Wildman–Crippen MR) is 94.4 cm³/mol. The lowest BCUT2D eigenvalue weighted by molar-refractivity contribution is 0.180. The van der Waals surface area contributed by atoms with Gasteiger partial charge in [-0.15, -0.1) is 0 Å². The number of aliphatic hydroxyl groups excluding tert-OH is 1. The zero-order valence-electron chi connectivity index (χ0n) is 13.9. The van der Waals surface area contributed by atoms with Gasteiger partial charge in [-0.3, -0.25) is 0 Å². The topological polar surface area (TPSA) is 70.6 Å². The lowest BCUT2D eigenvalue weighted by atomic mass is 9.89. The van der Waals surface area contributed by atoms with E-state index in [-0.39, 0.29) is 6.10 Å². The highest BCUT2D eigenvalue weighted by Crippen LogP contribution is 2.39. The van der Waals surface area contributed by atoms with Crippen LogP contribution < -0.4 is 11.2 Å². The van der Waals surface area contributed by atoms with E-state index in [9.17, 15) is 5.11 Å². The van der Waals surface area contributed by atoms with E-state index < -0.39 is 0 Å². The van der Waals surface area contributed by atoms with Crippen molar-refractivity contribution in [1.82, 2.24) is 5.43 Å². The fourth-order valence-corrected chi connectivity index (χ4v) is 3.59. The van der Waals surface area contributed by atoms with Crippen molar-refractivity contribution in [2.75, 3.05) is 7.05 Å². The van der Waals surface area contributed by atoms with Crippen LogP contribution in [0.25, 0.3) is 11.1 Å². The summed E-state index contributed by atoms with van der Waals surface area (Å²) in [5.74, 6) is 0.485. The number of nitrogens with zero attached hydrogens (tertiary/aromatic N) is 1. The summed E-state index contributed by atoms with van der Waals surface area (Å²) >= 11 is 0. The maximum atomic E-state index is 10.1. The molecule has 23 heavy (non-hydrogen) atoms. The van der Waals surface area contributed by atoms with Crippen LogP contribution in [-0.4, -0.2) is 18.0 Å². The Balaban J connectivity index is 2.14. The third-order valence-electron chi connectivity index (χ3n) is 4.57. The molecule has 1 atom stereocenters. The molecule has 0 saturated heterocycles. The van der Waals surface area contributed by atoms with Gasteiger partial charge in [0.25, 0.3) is 0 Å². The second kappa shape index (κ2) is 6.05.